The maximum atomic E-state index is 13.7. The van der Waals surface area contributed by atoms with Gasteiger partial charge >= 0.3 is 0 Å². The molecule has 1 aliphatic rings. The van der Waals surface area contributed by atoms with Gasteiger partial charge in [0.25, 0.3) is 5.56 Å². The Kier molecular flexibility index (Phi) is 6.59. The number of halogens is 1. The van der Waals surface area contributed by atoms with Crippen LogP contribution in [0.4, 0.5) is 0 Å². The number of aromatic amines is 1. The molecule has 0 spiro atoms. The van der Waals surface area contributed by atoms with Crippen LogP contribution in [0.1, 0.15) is 34.7 Å². The Morgan fingerprint density at radius 2 is 1.62 bits per heavy atom. The van der Waals surface area contributed by atoms with Crippen molar-refractivity contribution >= 4 is 34.1 Å². The highest BCUT2D eigenvalue weighted by Gasteiger charge is 2.35. The highest BCUT2D eigenvalue weighted by Crippen LogP contribution is 2.37. The van der Waals surface area contributed by atoms with E-state index in [9.17, 15) is 9.59 Å². The number of amides is 1. The van der Waals surface area contributed by atoms with Gasteiger partial charge in [0.2, 0.25) is 5.91 Å². The summed E-state index contributed by atoms with van der Waals surface area (Å²) >= 11 is 6.41. The highest BCUT2D eigenvalue weighted by molar-refractivity contribution is 6.31. The van der Waals surface area contributed by atoms with Crippen LogP contribution in [-0.2, 0) is 11.2 Å². The van der Waals surface area contributed by atoms with Gasteiger partial charge in [-0.25, -0.2) is 5.01 Å². The Bertz CT molecular complexity index is 1760. The molecule has 1 N–H and O–H groups in total. The van der Waals surface area contributed by atoms with Crippen LogP contribution in [-0.4, -0.2) is 21.6 Å². The summed E-state index contributed by atoms with van der Waals surface area (Å²) in [7, 11) is 0. The first-order chi connectivity index (χ1) is 19.0. The molecule has 1 amide bonds. The van der Waals surface area contributed by atoms with E-state index in [1.807, 2.05) is 104 Å². The van der Waals surface area contributed by atoms with Gasteiger partial charge in [0.05, 0.1) is 23.7 Å². The zero-order valence-corrected chi connectivity index (χ0v) is 22.2. The average Bonchev–Trinajstić information content (AvgIpc) is 3.39. The summed E-state index contributed by atoms with van der Waals surface area (Å²) in [6.45, 7) is 2.03. The summed E-state index contributed by atoms with van der Waals surface area (Å²) in [4.78, 5) is 30.4. The molecule has 6 heteroatoms. The number of pyridine rings is 1. The number of fused-ring (bicyclic) bond motifs is 1. The third-order valence-electron chi connectivity index (χ3n) is 7.15. The summed E-state index contributed by atoms with van der Waals surface area (Å²) in [6.07, 6.45) is 0.633. The van der Waals surface area contributed by atoms with Crippen molar-refractivity contribution in [3.63, 3.8) is 0 Å². The molecule has 0 bridgehead atoms. The summed E-state index contributed by atoms with van der Waals surface area (Å²) in [5, 5.41) is 7.82. The van der Waals surface area contributed by atoms with Crippen LogP contribution >= 0.6 is 11.6 Å². The molecule has 1 atom stereocenters. The van der Waals surface area contributed by atoms with Gasteiger partial charge in [0, 0.05) is 27.9 Å². The molecule has 6 rings (SSSR count). The van der Waals surface area contributed by atoms with Crippen LogP contribution in [0.15, 0.2) is 113 Å². The molecule has 192 valence electrons. The third-order valence-corrected chi connectivity index (χ3v) is 7.39. The maximum Gasteiger partial charge on any atom is 0.258 e. The number of rotatable bonds is 5. The van der Waals surface area contributed by atoms with Crippen LogP contribution in [0.25, 0.3) is 22.0 Å². The minimum absolute atomic E-state index is 0.122. The van der Waals surface area contributed by atoms with E-state index in [0.29, 0.717) is 28.2 Å². The van der Waals surface area contributed by atoms with Gasteiger partial charge in [-0.15, -0.1) is 0 Å². The number of hydrogen-bond acceptors (Lipinski definition) is 3. The highest BCUT2D eigenvalue weighted by atomic mass is 35.5. The summed E-state index contributed by atoms with van der Waals surface area (Å²) < 4.78 is 0. The fourth-order valence-electron chi connectivity index (χ4n) is 5.24. The molecule has 2 heterocycles. The van der Waals surface area contributed by atoms with Crippen LogP contribution in [0.3, 0.4) is 0 Å². The SMILES string of the molecule is Cc1ccc(C2CC(c3c(-c4ccccc4)c4cc(Cl)ccc4[nH]c3=O)=NN2C(=O)Cc2ccccc2)cc1. The van der Waals surface area contributed by atoms with E-state index in [1.54, 1.807) is 11.1 Å². The lowest BCUT2D eigenvalue weighted by Crippen LogP contribution is -2.28. The van der Waals surface area contributed by atoms with Gasteiger partial charge in [-0.2, -0.15) is 5.10 Å². The van der Waals surface area contributed by atoms with Crippen LogP contribution in [0, 0.1) is 6.92 Å². The van der Waals surface area contributed by atoms with Gasteiger partial charge in [0.1, 0.15) is 0 Å². The van der Waals surface area contributed by atoms with Crippen molar-refractivity contribution in [2.75, 3.05) is 0 Å². The second-order valence-electron chi connectivity index (χ2n) is 9.84. The van der Waals surface area contributed by atoms with Gasteiger partial charge in [-0.1, -0.05) is 102 Å². The first-order valence-corrected chi connectivity index (χ1v) is 13.3. The Balaban J connectivity index is 1.52. The summed E-state index contributed by atoms with van der Waals surface area (Å²) in [5.74, 6) is -0.122. The predicted molar refractivity (Wildman–Crippen MR) is 157 cm³/mol. The Morgan fingerprint density at radius 3 is 2.33 bits per heavy atom. The van der Waals surface area contributed by atoms with E-state index in [4.69, 9.17) is 16.7 Å². The van der Waals surface area contributed by atoms with E-state index in [-0.39, 0.29) is 23.9 Å². The molecule has 5 aromatic rings. The largest absolute Gasteiger partial charge is 0.321 e. The van der Waals surface area contributed by atoms with Crippen molar-refractivity contribution < 1.29 is 4.79 Å². The van der Waals surface area contributed by atoms with Crippen molar-refractivity contribution in [1.29, 1.82) is 0 Å². The maximum absolute atomic E-state index is 13.7. The number of H-pyrrole nitrogens is 1. The number of hydrogen-bond donors (Lipinski definition) is 1. The zero-order valence-electron chi connectivity index (χ0n) is 21.4. The number of carbonyl (C=O) groups excluding carboxylic acids is 1. The molecule has 0 fully saturated rings. The van der Waals surface area contributed by atoms with Crippen molar-refractivity contribution in [3.8, 4) is 11.1 Å². The molecular formula is C33H26ClN3O2. The molecule has 4 aromatic carbocycles. The van der Waals surface area contributed by atoms with Gasteiger partial charge in [-0.05, 0) is 41.8 Å². The third kappa shape index (κ3) is 4.89. The number of benzene rings is 4. The molecular weight excluding hydrogens is 506 g/mol. The van der Waals surface area contributed by atoms with Gasteiger partial charge in [-0.3, -0.25) is 9.59 Å². The lowest BCUT2D eigenvalue weighted by molar-refractivity contribution is -0.132. The second kappa shape index (κ2) is 10.4. The quantitative estimate of drug-likeness (QED) is 0.263. The zero-order chi connectivity index (χ0) is 26.9. The fraction of sp³-hybridized carbons (Fsp3) is 0.121. The molecule has 5 nitrogen and oxygen atoms in total. The minimum atomic E-state index is -0.324. The monoisotopic (exact) mass is 531 g/mol. The predicted octanol–water partition coefficient (Wildman–Crippen LogP) is 7.08. The number of aromatic nitrogens is 1. The average molecular weight is 532 g/mol. The Labute approximate surface area is 231 Å². The van der Waals surface area contributed by atoms with Crippen molar-refractivity contribution in [2.24, 2.45) is 5.10 Å². The Morgan fingerprint density at radius 1 is 0.923 bits per heavy atom. The first kappa shape index (κ1) is 24.8. The lowest BCUT2D eigenvalue weighted by atomic mass is 9.91. The van der Waals surface area contributed by atoms with Crippen LogP contribution in [0.5, 0.6) is 0 Å². The molecule has 1 aromatic heterocycles. The van der Waals surface area contributed by atoms with Crippen molar-refractivity contribution in [1.82, 2.24) is 9.99 Å². The Hall–Kier alpha value is -4.48. The van der Waals surface area contributed by atoms with Gasteiger partial charge < -0.3 is 4.98 Å². The van der Waals surface area contributed by atoms with E-state index in [1.165, 1.54) is 0 Å². The fourth-order valence-corrected chi connectivity index (χ4v) is 5.41. The van der Waals surface area contributed by atoms with Crippen LogP contribution < -0.4 is 5.56 Å². The molecule has 1 unspecified atom stereocenters. The topological polar surface area (TPSA) is 65.5 Å². The molecule has 0 aliphatic carbocycles. The number of aryl methyl sites for hydroxylation is 1. The normalized spacial score (nSPS) is 15.0. The molecule has 0 saturated carbocycles. The number of nitrogens with zero attached hydrogens (tertiary/aromatic N) is 2. The number of hydrazone groups is 1. The summed E-state index contributed by atoms with van der Waals surface area (Å²) in [6, 6.07) is 32.7. The van der Waals surface area contributed by atoms with E-state index < -0.39 is 0 Å². The molecule has 1 aliphatic heterocycles. The van der Waals surface area contributed by atoms with Crippen LogP contribution in [0.2, 0.25) is 5.02 Å². The smallest absolute Gasteiger partial charge is 0.258 e. The first-order valence-electron chi connectivity index (χ1n) is 12.9. The van der Waals surface area contributed by atoms with Crippen molar-refractivity contribution in [3.05, 3.63) is 141 Å². The molecule has 39 heavy (non-hydrogen) atoms. The van der Waals surface area contributed by atoms with E-state index in [0.717, 1.165) is 33.2 Å². The second-order valence-corrected chi connectivity index (χ2v) is 10.3. The van der Waals surface area contributed by atoms with E-state index in [2.05, 4.69) is 4.98 Å². The van der Waals surface area contributed by atoms with Gasteiger partial charge in [0.15, 0.2) is 0 Å². The summed E-state index contributed by atoms with van der Waals surface area (Å²) in [5.41, 5.74) is 6.14. The standard InChI is InChI=1S/C33H26ClN3O2/c1-21-12-14-23(15-13-21)29-20-28(36-37(29)30(38)18-22-8-4-2-5-9-22)32-31(24-10-6-3-7-11-24)26-19-25(34)16-17-27(26)35-33(32)39/h2-17,19,29H,18,20H2,1H3,(H,35,39). The molecule has 0 radical (unpaired) electrons. The minimum Gasteiger partial charge on any atom is -0.321 e. The lowest BCUT2D eigenvalue weighted by Gasteiger charge is -2.22. The molecule has 0 saturated heterocycles. The van der Waals surface area contributed by atoms with Crippen molar-refractivity contribution in [2.45, 2.75) is 25.8 Å². The van der Waals surface area contributed by atoms with E-state index >= 15 is 0 Å². The number of carbonyl (C=O) groups is 1. The number of nitrogens with one attached hydrogen (secondary N) is 1.